The van der Waals surface area contributed by atoms with Crippen LogP contribution in [-0.2, 0) is 24.2 Å². The number of anilines is 1. The van der Waals surface area contributed by atoms with Gasteiger partial charge in [0, 0.05) is 43.5 Å². The second kappa shape index (κ2) is 11.5. The quantitative estimate of drug-likeness (QED) is 0.310. The normalized spacial score (nSPS) is 15.1. The lowest BCUT2D eigenvalue weighted by Crippen LogP contribution is -2.44. The Kier molecular flexibility index (Phi) is 7.92. The van der Waals surface area contributed by atoms with Crippen molar-refractivity contribution in [3.8, 4) is 5.75 Å². The zero-order valence-electron chi connectivity index (χ0n) is 20.7. The number of pyridine rings is 2. The van der Waals surface area contributed by atoms with Crippen LogP contribution < -0.4 is 10.1 Å². The average Bonchev–Trinajstić information content (AvgIpc) is 3.27. The third-order valence-electron chi connectivity index (χ3n) is 6.31. The molecular formula is C28H22Cl2N4O4S. The first kappa shape index (κ1) is 26.8. The van der Waals surface area contributed by atoms with E-state index in [2.05, 4.69) is 15.3 Å². The van der Waals surface area contributed by atoms with E-state index in [9.17, 15) is 14.4 Å². The van der Waals surface area contributed by atoms with Gasteiger partial charge in [0.1, 0.15) is 11.6 Å². The molecule has 0 saturated heterocycles. The van der Waals surface area contributed by atoms with E-state index >= 15 is 0 Å². The molecule has 1 N–H and O–H groups in total. The van der Waals surface area contributed by atoms with Crippen molar-refractivity contribution in [3.63, 3.8) is 0 Å². The van der Waals surface area contributed by atoms with E-state index in [1.54, 1.807) is 53.6 Å². The lowest BCUT2D eigenvalue weighted by atomic mass is 10.0. The molecule has 1 unspecified atom stereocenters. The number of halogens is 2. The lowest BCUT2D eigenvalue weighted by Gasteiger charge is -2.29. The molecular weight excluding hydrogens is 559 g/mol. The number of nitrogens with zero attached hydrogens (tertiary/aromatic N) is 3. The van der Waals surface area contributed by atoms with E-state index in [4.69, 9.17) is 27.9 Å². The Hall–Kier alpha value is -3.79. The van der Waals surface area contributed by atoms with Crippen molar-refractivity contribution in [1.29, 1.82) is 0 Å². The molecule has 5 rings (SSSR count). The fourth-order valence-corrected chi connectivity index (χ4v) is 5.92. The standard InChI is InChI=1S/C28H22Cl2N4O4S/c1-38-19-7-9-32-25(14-19)33-27(36)20-6-5-16(10-21(20)29)15-34-22(13-18-4-2-3-8-31-18)23(35)11-17-12-24(30)39-26(17)28(34)37/h2-10,12,14,22H,11,13,15H2,1H3,(H,32,33,36). The Labute approximate surface area is 238 Å². The molecule has 1 aromatic carbocycles. The predicted octanol–water partition coefficient (Wildman–Crippen LogP) is 5.48. The SMILES string of the molecule is COc1ccnc(NC(=O)c2ccc(CN3C(=O)c4sc(Cl)cc4CC(=O)C3Cc3ccccn3)cc2Cl)c1. The molecule has 0 spiro atoms. The highest BCUT2D eigenvalue weighted by Gasteiger charge is 2.37. The molecule has 0 aliphatic carbocycles. The number of methoxy groups -OCH3 is 1. The molecule has 1 atom stereocenters. The first-order chi connectivity index (χ1) is 18.8. The predicted molar refractivity (Wildman–Crippen MR) is 150 cm³/mol. The number of ether oxygens (including phenoxy) is 1. The van der Waals surface area contributed by atoms with Crippen molar-refractivity contribution in [2.45, 2.75) is 25.4 Å². The minimum atomic E-state index is -0.730. The number of ketones is 1. The van der Waals surface area contributed by atoms with Gasteiger partial charge in [-0.25, -0.2) is 4.98 Å². The third-order valence-corrected chi connectivity index (χ3v) is 7.92. The Bertz CT molecular complexity index is 1560. The summed E-state index contributed by atoms with van der Waals surface area (Å²) < 4.78 is 5.62. The summed E-state index contributed by atoms with van der Waals surface area (Å²) in [6.45, 7) is 0.107. The van der Waals surface area contributed by atoms with Crippen LogP contribution in [0.1, 0.15) is 36.9 Å². The van der Waals surface area contributed by atoms with Crippen LogP contribution in [0.25, 0.3) is 0 Å². The highest BCUT2D eigenvalue weighted by molar-refractivity contribution is 7.18. The molecule has 4 aromatic rings. The van der Waals surface area contributed by atoms with Gasteiger partial charge in [0.2, 0.25) is 0 Å². The van der Waals surface area contributed by atoms with Crippen LogP contribution in [0.3, 0.4) is 0 Å². The zero-order valence-corrected chi connectivity index (χ0v) is 23.0. The number of fused-ring (bicyclic) bond motifs is 1. The number of hydrogen-bond acceptors (Lipinski definition) is 7. The summed E-state index contributed by atoms with van der Waals surface area (Å²) in [4.78, 5) is 50.5. The van der Waals surface area contributed by atoms with Gasteiger partial charge < -0.3 is 15.0 Å². The highest BCUT2D eigenvalue weighted by Crippen LogP contribution is 2.33. The summed E-state index contributed by atoms with van der Waals surface area (Å²) in [6, 6.07) is 14.6. The minimum absolute atomic E-state index is 0.102. The van der Waals surface area contributed by atoms with Gasteiger partial charge >= 0.3 is 0 Å². The fraction of sp³-hybridized carbons (Fsp3) is 0.179. The zero-order chi connectivity index (χ0) is 27.5. The Balaban J connectivity index is 1.42. The summed E-state index contributed by atoms with van der Waals surface area (Å²) in [5, 5.41) is 2.90. The van der Waals surface area contributed by atoms with Crippen molar-refractivity contribution in [1.82, 2.24) is 14.9 Å². The van der Waals surface area contributed by atoms with Gasteiger partial charge in [-0.1, -0.05) is 35.3 Å². The van der Waals surface area contributed by atoms with Crippen molar-refractivity contribution >= 4 is 58.0 Å². The van der Waals surface area contributed by atoms with Gasteiger partial charge in [-0.15, -0.1) is 11.3 Å². The number of carbonyl (C=O) groups excluding carboxylic acids is 3. The summed E-state index contributed by atoms with van der Waals surface area (Å²) >= 11 is 13.9. The number of hydrogen-bond donors (Lipinski definition) is 1. The Morgan fingerprint density at radius 2 is 1.95 bits per heavy atom. The highest BCUT2D eigenvalue weighted by atomic mass is 35.5. The van der Waals surface area contributed by atoms with Gasteiger partial charge in [-0.05, 0) is 47.5 Å². The van der Waals surface area contributed by atoms with E-state index in [0.717, 1.165) is 11.3 Å². The smallest absolute Gasteiger partial charge is 0.265 e. The Morgan fingerprint density at radius 1 is 1.10 bits per heavy atom. The van der Waals surface area contributed by atoms with Crippen LogP contribution in [0.15, 0.2) is 67.0 Å². The van der Waals surface area contributed by atoms with Crippen LogP contribution in [0.2, 0.25) is 9.36 Å². The van der Waals surface area contributed by atoms with Crippen LogP contribution in [-0.4, -0.2) is 45.6 Å². The number of thiophene rings is 1. The van der Waals surface area contributed by atoms with Crippen molar-refractivity contribution in [2.75, 3.05) is 12.4 Å². The Morgan fingerprint density at radius 3 is 2.69 bits per heavy atom. The number of amides is 2. The van der Waals surface area contributed by atoms with E-state index in [0.29, 0.717) is 37.6 Å². The van der Waals surface area contributed by atoms with Gasteiger partial charge in [0.25, 0.3) is 11.8 Å². The number of carbonyl (C=O) groups is 3. The summed E-state index contributed by atoms with van der Waals surface area (Å²) in [5.74, 6) is 0.0369. The average molecular weight is 581 g/mol. The topological polar surface area (TPSA) is 101 Å². The van der Waals surface area contributed by atoms with Gasteiger partial charge in [-0.3, -0.25) is 19.4 Å². The molecule has 0 bridgehead atoms. The molecule has 3 aromatic heterocycles. The van der Waals surface area contributed by atoms with Gasteiger partial charge in [0.05, 0.1) is 33.0 Å². The molecule has 1 aliphatic heterocycles. The molecule has 0 saturated carbocycles. The van der Waals surface area contributed by atoms with E-state index in [1.807, 2.05) is 12.1 Å². The van der Waals surface area contributed by atoms with Crippen molar-refractivity contribution < 1.29 is 19.1 Å². The largest absolute Gasteiger partial charge is 0.497 e. The number of nitrogens with one attached hydrogen (secondary N) is 1. The number of aromatic nitrogens is 2. The molecule has 0 fully saturated rings. The maximum Gasteiger partial charge on any atom is 0.265 e. The maximum atomic E-state index is 13.7. The first-order valence-electron chi connectivity index (χ1n) is 11.9. The molecule has 1 aliphatic rings. The molecule has 4 heterocycles. The number of benzene rings is 1. The van der Waals surface area contributed by atoms with Crippen LogP contribution in [0.5, 0.6) is 5.75 Å². The van der Waals surface area contributed by atoms with E-state index in [-0.39, 0.29) is 41.7 Å². The maximum absolute atomic E-state index is 13.7. The lowest BCUT2D eigenvalue weighted by molar-refractivity contribution is -0.122. The van der Waals surface area contributed by atoms with Crippen LogP contribution >= 0.6 is 34.5 Å². The molecule has 39 heavy (non-hydrogen) atoms. The second-order valence-corrected chi connectivity index (χ2v) is 11.0. The van der Waals surface area contributed by atoms with E-state index < -0.39 is 11.9 Å². The summed E-state index contributed by atoms with van der Waals surface area (Å²) in [7, 11) is 1.52. The van der Waals surface area contributed by atoms with Crippen LogP contribution in [0.4, 0.5) is 5.82 Å². The molecule has 11 heteroatoms. The number of rotatable bonds is 7. The first-order valence-corrected chi connectivity index (χ1v) is 13.5. The van der Waals surface area contributed by atoms with Crippen LogP contribution in [0, 0.1) is 0 Å². The fourth-order valence-electron chi connectivity index (χ4n) is 4.41. The van der Waals surface area contributed by atoms with Crippen molar-refractivity contribution in [2.24, 2.45) is 0 Å². The number of Topliss-reactive ketones (excluding diaryl/α,β-unsaturated/α-hetero) is 1. The molecule has 198 valence electrons. The second-order valence-electron chi connectivity index (χ2n) is 8.87. The molecule has 2 amide bonds. The monoisotopic (exact) mass is 580 g/mol. The van der Waals surface area contributed by atoms with Crippen molar-refractivity contribution in [3.05, 3.63) is 104 Å². The van der Waals surface area contributed by atoms with Gasteiger partial charge in [-0.2, -0.15) is 0 Å². The van der Waals surface area contributed by atoms with Gasteiger partial charge in [0.15, 0.2) is 5.78 Å². The van der Waals surface area contributed by atoms with E-state index in [1.165, 1.54) is 13.3 Å². The summed E-state index contributed by atoms with van der Waals surface area (Å²) in [6.07, 6.45) is 3.56. The minimum Gasteiger partial charge on any atom is -0.497 e. The molecule has 0 radical (unpaired) electrons. The molecule has 8 nitrogen and oxygen atoms in total. The summed E-state index contributed by atoms with van der Waals surface area (Å²) in [5.41, 5.74) is 2.23. The third kappa shape index (κ3) is 5.95.